The summed E-state index contributed by atoms with van der Waals surface area (Å²) in [5.74, 6) is -0.633. The van der Waals surface area contributed by atoms with Crippen molar-refractivity contribution in [1.82, 2.24) is 0 Å². The Balaban J connectivity index is 2.63. The first-order valence-electron chi connectivity index (χ1n) is 4.91. The van der Waals surface area contributed by atoms with Crippen LogP contribution in [0.2, 0.25) is 0 Å². The van der Waals surface area contributed by atoms with Gasteiger partial charge in [0.25, 0.3) is 5.91 Å². The molecule has 2 rings (SSSR count). The van der Waals surface area contributed by atoms with Gasteiger partial charge in [0.05, 0.1) is 16.7 Å². The van der Waals surface area contributed by atoms with E-state index in [1.807, 2.05) is 0 Å². The Morgan fingerprint density at radius 2 is 1.88 bits per heavy atom. The minimum atomic E-state index is -4.46. The van der Waals surface area contributed by atoms with Crippen LogP contribution in [0, 0.1) is 0 Å². The number of carbonyl (C=O) groups excluding carboxylic acids is 1. The minimum Gasteiger partial charge on any atom is -0.281 e. The van der Waals surface area contributed by atoms with Gasteiger partial charge >= 0.3 is 6.18 Å². The zero-order chi connectivity index (χ0) is 13.0. The highest BCUT2D eigenvalue weighted by atomic mass is 19.4. The van der Waals surface area contributed by atoms with Crippen molar-refractivity contribution < 1.29 is 23.2 Å². The van der Waals surface area contributed by atoms with E-state index in [2.05, 4.69) is 0 Å². The first kappa shape index (κ1) is 11.9. The second-order valence-corrected chi connectivity index (χ2v) is 4.47. The van der Waals surface area contributed by atoms with Crippen molar-refractivity contribution in [2.75, 3.05) is 5.06 Å². The lowest BCUT2D eigenvalue weighted by Crippen LogP contribution is -2.33. The third-order valence-electron chi connectivity index (χ3n) is 2.95. The molecule has 0 unspecified atom stereocenters. The molecule has 0 aromatic heterocycles. The number of anilines is 1. The molecule has 1 aromatic carbocycles. The maximum Gasteiger partial charge on any atom is 0.416 e. The number of fused-ring (bicyclic) bond motifs is 1. The summed E-state index contributed by atoms with van der Waals surface area (Å²) >= 11 is 0. The molecule has 1 heterocycles. The minimum absolute atomic E-state index is 0.105. The summed E-state index contributed by atoms with van der Waals surface area (Å²) in [5.41, 5.74) is -1.69. The molecule has 0 aliphatic carbocycles. The van der Waals surface area contributed by atoms with Gasteiger partial charge in [0.1, 0.15) is 0 Å². The van der Waals surface area contributed by atoms with Crippen LogP contribution in [0.25, 0.3) is 0 Å². The van der Waals surface area contributed by atoms with Crippen molar-refractivity contribution in [2.45, 2.75) is 25.4 Å². The van der Waals surface area contributed by atoms with Crippen LogP contribution in [0.4, 0.5) is 18.9 Å². The number of benzene rings is 1. The lowest BCUT2D eigenvalue weighted by molar-refractivity contribution is -0.137. The number of alkyl halides is 3. The van der Waals surface area contributed by atoms with Crippen LogP contribution in [0.15, 0.2) is 18.2 Å². The Morgan fingerprint density at radius 3 is 2.41 bits per heavy atom. The van der Waals surface area contributed by atoms with Crippen LogP contribution in [0.5, 0.6) is 0 Å². The number of hydroxylamine groups is 1. The second kappa shape index (κ2) is 3.22. The molecule has 1 aliphatic rings. The molecular formula is C11H10F3NO2. The molecule has 0 saturated carbocycles. The predicted octanol–water partition coefficient (Wildman–Crippen LogP) is 2.72. The Labute approximate surface area is 95.4 Å². The summed E-state index contributed by atoms with van der Waals surface area (Å²) in [7, 11) is 0. The highest BCUT2D eigenvalue weighted by molar-refractivity contribution is 6.05. The fourth-order valence-electron chi connectivity index (χ4n) is 1.89. The number of carbonyl (C=O) groups is 1. The standard InChI is InChI=1S/C11H10F3NO2/c1-10(2)7-5-6(11(12,13)14)3-4-8(7)15(17)9(10)16/h3-5,17H,1-2H3. The predicted molar refractivity (Wildman–Crippen MR) is 53.7 cm³/mol. The van der Waals surface area contributed by atoms with E-state index in [-0.39, 0.29) is 11.3 Å². The molecule has 1 N–H and O–H groups in total. The average Bonchev–Trinajstić information content (AvgIpc) is 2.39. The van der Waals surface area contributed by atoms with Gasteiger partial charge in [-0.05, 0) is 37.6 Å². The van der Waals surface area contributed by atoms with Gasteiger partial charge in [0.15, 0.2) is 0 Å². The zero-order valence-electron chi connectivity index (χ0n) is 9.17. The third kappa shape index (κ3) is 1.59. The Kier molecular flexibility index (Phi) is 2.26. The average molecular weight is 245 g/mol. The number of hydrogen-bond donors (Lipinski definition) is 1. The highest BCUT2D eigenvalue weighted by Crippen LogP contribution is 2.43. The van der Waals surface area contributed by atoms with E-state index in [0.29, 0.717) is 5.06 Å². The molecule has 0 radical (unpaired) electrons. The number of amides is 1. The van der Waals surface area contributed by atoms with Crippen LogP contribution in [0.1, 0.15) is 25.0 Å². The van der Waals surface area contributed by atoms with Crippen molar-refractivity contribution in [3.8, 4) is 0 Å². The number of rotatable bonds is 0. The fraction of sp³-hybridized carbons (Fsp3) is 0.364. The molecule has 17 heavy (non-hydrogen) atoms. The number of halogens is 3. The molecule has 0 saturated heterocycles. The summed E-state index contributed by atoms with van der Waals surface area (Å²) < 4.78 is 37.6. The van der Waals surface area contributed by atoms with Crippen molar-refractivity contribution in [2.24, 2.45) is 0 Å². The van der Waals surface area contributed by atoms with E-state index < -0.39 is 23.1 Å². The normalized spacial score (nSPS) is 18.5. The van der Waals surface area contributed by atoms with Crippen molar-refractivity contribution >= 4 is 11.6 Å². The third-order valence-corrected chi connectivity index (χ3v) is 2.95. The summed E-state index contributed by atoms with van der Waals surface area (Å²) in [6, 6.07) is 2.85. The molecule has 3 nitrogen and oxygen atoms in total. The van der Waals surface area contributed by atoms with Gasteiger partial charge in [-0.3, -0.25) is 10.0 Å². The van der Waals surface area contributed by atoms with Crippen molar-refractivity contribution in [1.29, 1.82) is 0 Å². The quantitative estimate of drug-likeness (QED) is 0.714. The Hall–Kier alpha value is -1.56. The van der Waals surface area contributed by atoms with Gasteiger partial charge < -0.3 is 0 Å². The summed E-state index contributed by atoms with van der Waals surface area (Å²) in [5, 5.41) is 9.88. The van der Waals surface area contributed by atoms with Crippen LogP contribution < -0.4 is 5.06 Å². The van der Waals surface area contributed by atoms with Gasteiger partial charge in [-0.25, -0.2) is 0 Å². The molecule has 1 aliphatic heterocycles. The lowest BCUT2D eigenvalue weighted by Gasteiger charge is -2.16. The summed E-state index contributed by atoms with van der Waals surface area (Å²) in [4.78, 5) is 11.6. The van der Waals surface area contributed by atoms with E-state index in [1.165, 1.54) is 13.8 Å². The molecule has 0 fully saturated rings. The molecule has 6 heteroatoms. The Bertz CT molecular complexity index is 494. The molecule has 1 amide bonds. The highest BCUT2D eigenvalue weighted by Gasteiger charge is 2.45. The molecule has 92 valence electrons. The van der Waals surface area contributed by atoms with Crippen LogP contribution in [-0.4, -0.2) is 11.1 Å². The lowest BCUT2D eigenvalue weighted by atomic mass is 9.85. The van der Waals surface area contributed by atoms with E-state index >= 15 is 0 Å². The van der Waals surface area contributed by atoms with E-state index in [0.717, 1.165) is 18.2 Å². The van der Waals surface area contributed by atoms with Gasteiger partial charge in [-0.2, -0.15) is 18.2 Å². The van der Waals surface area contributed by atoms with Crippen molar-refractivity contribution in [3.05, 3.63) is 29.3 Å². The molecule has 1 aromatic rings. The maximum atomic E-state index is 12.5. The number of nitrogens with zero attached hydrogens (tertiary/aromatic N) is 1. The van der Waals surface area contributed by atoms with E-state index in [1.54, 1.807) is 0 Å². The molecule has 0 atom stereocenters. The van der Waals surface area contributed by atoms with E-state index in [9.17, 15) is 23.2 Å². The van der Waals surface area contributed by atoms with Gasteiger partial charge in [-0.1, -0.05) is 0 Å². The largest absolute Gasteiger partial charge is 0.416 e. The molecule has 0 spiro atoms. The van der Waals surface area contributed by atoms with Crippen molar-refractivity contribution in [3.63, 3.8) is 0 Å². The van der Waals surface area contributed by atoms with Gasteiger partial charge in [-0.15, -0.1) is 0 Å². The Morgan fingerprint density at radius 1 is 1.29 bits per heavy atom. The first-order valence-corrected chi connectivity index (χ1v) is 4.91. The zero-order valence-corrected chi connectivity index (χ0v) is 9.17. The maximum absolute atomic E-state index is 12.5. The van der Waals surface area contributed by atoms with Crippen LogP contribution in [-0.2, 0) is 16.4 Å². The molecular weight excluding hydrogens is 235 g/mol. The summed E-state index contributed by atoms with van der Waals surface area (Å²) in [6.45, 7) is 2.95. The topological polar surface area (TPSA) is 40.5 Å². The van der Waals surface area contributed by atoms with Gasteiger partial charge in [0, 0.05) is 0 Å². The molecule has 0 bridgehead atoms. The monoisotopic (exact) mass is 245 g/mol. The fourth-order valence-corrected chi connectivity index (χ4v) is 1.89. The van der Waals surface area contributed by atoms with Crippen LogP contribution in [0.3, 0.4) is 0 Å². The summed E-state index contributed by atoms with van der Waals surface area (Å²) in [6.07, 6.45) is -4.46. The number of hydrogen-bond acceptors (Lipinski definition) is 2. The SMILES string of the molecule is CC1(C)C(=O)N(O)c2ccc(C(F)(F)F)cc21. The van der Waals surface area contributed by atoms with E-state index in [4.69, 9.17) is 0 Å². The second-order valence-electron chi connectivity index (χ2n) is 4.47. The van der Waals surface area contributed by atoms with Gasteiger partial charge in [0.2, 0.25) is 0 Å². The van der Waals surface area contributed by atoms with Crippen LogP contribution >= 0.6 is 0 Å². The first-order chi connectivity index (χ1) is 7.65. The smallest absolute Gasteiger partial charge is 0.281 e.